The summed E-state index contributed by atoms with van der Waals surface area (Å²) in [5.74, 6) is 0. The van der Waals surface area contributed by atoms with Crippen molar-refractivity contribution in [2.24, 2.45) is 0 Å². The lowest BCUT2D eigenvalue weighted by Crippen LogP contribution is -2.39. The van der Waals surface area contributed by atoms with Gasteiger partial charge in [-0.05, 0) is 80.5 Å². The second kappa shape index (κ2) is 11.2. The van der Waals surface area contributed by atoms with E-state index < -0.39 is 0 Å². The van der Waals surface area contributed by atoms with Gasteiger partial charge in [0.15, 0.2) is 5.11 Å². The number of hydrogen-bond acceptors (Lipinski definition) is 5. The Morgan fingerprint density at radius 2 is 1.81 bits per heavy atom. The Morgan fingerprint density at radius 1 is 1.05 bits per heavy atom. The average Bonchev–Trinajstić information content (AvgIpc) is 3.39. The molecule has 2 atom stereocenters. The largest absolute Gasteiger partial charge is 0.379 e. The number of morpholine rings is 1. The minimum atomic E-state index is 0.00199. The van der Waals surface area contributed by atoms with E-state index in [4.69, 9.17) is 21.9 Å². The Hall–Kier alpha value is -2.94. The van der Waals surface area contributed by atoms with Gasteiger partial charge in [-0.3, -0.25) is 9.88 Å². The maximum absolute atomic E-state index is 5.92. The van der Waals surface area contributed by atoms with Crippen LogP contribution in [-0.4, -0.2) is 78.0 Å². The number of nitrogens with one attached hydrogen (secondary N) is 1. The molecular formula is C29H38N6OS. The maximum atomic E-state index is 5.92. The molecule has 0 saturated carbocycles. The number of nitrogens with zero attached hydrogens (tertiary/aromatic N) is 5. The summed E-state index contributed by atoms with van der Waals surface area (Å²) in [4.78, 5) is 11.7. The van der Waals surface area contributed by atoms with E-state index in [9.17, 15) is 0 Å². The zero-order valence-corrected chi connectivity index (χ0v) is 23.2. The number of pyridine rings is 1. The molecule has 0 aliphatic carbocycles. The first-order valence-electron chi connectivity index (χ1n) is 13.2. The van der Waals surface area contributed by atoms with Crippen LogP contribution in [0.15, 0.2) is 54.7 Å². The topological polar surface area (TPSA) is 48.8 Å². The zero-order valence-electron chi connectivity index (χ0n) is 22.4. The van der Waals surface area contributed by atoms with Crippen molar-refractivity contribution in [3.63, 3.8) is 0 Å². The SMILES string of the molecule is Cc1cc(C2C(c3ccccn3)NC(=S)N2CCCN2CCOCC2)c(C)n1-c1ccc(N(C)C)cc1. The highest BCUT2D eigenvalue weighted by Gasteiger charge is 2.41. The minimum Gasteiger partial charge on any atom is -0.379 e. The minimum absolute atomic E-state index is 0.00199. The van der Waals surface area contributed by atoms with Crippen molar-refractivity contribution < 1.29 is 4.74 Å². The monoisotopic (exact) mass is 518 g/mol. The first-order chi connectivity index (χ1) is 17.9. The van der Waals surface area contributed by atoms with Crippen LogP contribution in [0.4, 0.5) is 5.69 Å². The quantitative estimate of drug-likeness (QED) is 0.448. The molecule has 2 aliphatic heterocycles. The number of aromatic nitrogens is 2. The predicted octanol–water partition coefficient (Wildman–Crippen LogP) is 4.25. The fourth-order valence-electron chi connectivity index (χ4n) is 5.66. The summed E-state index contributed by atoms with van der Waals surface area (Å²) in [6, 6.07) is 17.3. The molecule has 2 fully saturated rings. The van der Waals surface area contributed by atoms with E-state index in [-0.39, 0.29) is 12.1 Å². The molecule has 196 valence electrons. The van der Waals surface area contributed by atoms with E-state index in [1.807, 2.05) is 12.3 Å². The van der Waals surface area contributed by atoms with Crippen molar-refractivity contribution in [1.29, 1.82) is 0 Å². The van der Waals surface area contributed by atoms with E-state index in [2.05, 4.69) is 95.0 Å². The van der Waals surface area contributed by atoms with Gasteiger partial charge in [0, 0.05) is 69.2 Å². The summed E-state index contributed by atoms with van der Waals surface area (Å²) >= 11 is 5.92. The summed E-state index contributed by atoms with van der Waals surface area (Å²) < 4.78 is 7.88. The molecule has 8 heteroatoms. The van der Waals surface area contributed by atoms with Crippen LogP contribution in [0, 0.1) is 13.8 Å². The number of ether oxygens (including phenoxy) is 1. The van der Waals surface area contributed by atoms with Crippen LogP contribution >= 0.6 is 12.2 Å². The lowest BCUT2D eigenvalue weighted by Gasteiger charge is -2.30. The van der Waals surface area contributed by atoms with Gasteiger partial charge in [-0.1, -0.05) is 6.07 Å². The van der Waals surface area contributed by atoms with Crippen LogP contribution in [0.1, 0.15) is 41.1 Å². The lowest BCUT2D eigenvalue weighted by atomic mass is 9.96. The highest BCUT2D eigenvalue weighted by atomic mass is 32.1. The van der Waals surface area contributed by atoms with Gasteiger partial charge in [0.1, 0.15) is 0 Å². The van der Waals surface area contributed by atoms with E-state index in [1.54, 1.807) is 0 Å². The molecule has 0 radical (unpaired) electrons. The fraction of sp³-hybridized carbons (Fsp3) is 0.448. The third kappa shape index (κ3) is 5.37. The molecule has 4 heterocycles. The third-order valence-electron chi connectivity index (χ3n) is 7.59. The molecule has 5 rings (SSSR count). The van der Waals surface area contributed by atoms with E-state index in [1.165, 1.54) is 28.3 Å². The molecule has 0 spiro atoms. The van der Waals surface area contributed by atoms with Crippen molar-refractivity contribution in [1.82, 2.24) is 24.7 Å². The molecule has 2 aliphatic rings. The number of thiocarbonyl (C=S) groups is 1. The molecule has 0 amide bonds. The Labute approximate surface area is 226 Å². The number of hydrogen-bond donors (Lipinski definition) is 1. The molecule has 37 heavy (non-hydrogen) atoms. The standard InChI is InChI=1S/C29H38N6OS/c1-21-20-25(22(2)35(21)24-11-9-23(10-12-24)32(3)4)28-27(26-8-5-6-13-30-26)31-29(37)34(28)15-7-14-33-16-18-36-19-17-33/h5-6,8-13,20,27-28H,7,14-19H2,1-4H3,(H,31,37). The van der Waals surface area contributed by atoms with Crippen LogP contribution in [0.5, 0.6) is 0 Å². The molecule has 2 saturated heterocycles. The fourth-order valence-corrected chi connectivity index (χ4v) is 5.99. The number of benzene rings is 1. The first kappa shape index (κ1) is 25.7. The van der Waals surface area contributed by atoms with E-state index in [0.717, 1.165) is 56.6 Å². The lowest BCUT2D eigenvalue weighted by molar-refractivity contribution is 0.0365. The van der Waals surface area contributed by atoms with Gasteiger partial charge in [-0.2, -0.15) is 0 Å². The molecule has 1 N–H and O–H groups in total. The Morgan fingerprint density at radius 3 is 2.49 bits per heavy atom. The summed E-state index contributed by atoms with van der Waals surface area (Å²) in [5.41, 5.74) is 7.14. The van der Waals surface area contributed by atoms with Crippen LogP contribution in [0.3, 0.4) is 0 Å². The maximum Gasteiger partial charge on any atom is 0.170 e. The molecule has 1 aromatic carbocycles. The second-order valence-electron chi connectivity index (χ2n) is 10.2. The van der Waals surface area contributed by atoms with Gasteiger partial charge >= 0.3 is 0 Å². The zero-order chi connectivity index (χ0) is 25.9. The third-order valence-corrected chi connectivity index (χ3v) is 7.94. The van der Waals surface area contributed by atoms with Crippen molar-refractivity contribution in [2.75, 3.05) is 58.4 Å². The highest BCUT2D eigenvalue weighted by Crippen LogP contribution is 2.41. The highest BCUT2D eigenvalue weighted by molar-refractivity contribution is 7.80. The van der Waals surface area contributed by atoms with E-state index in [0.29, 0.717) is 0 Å². The predicted molar refractivity (Wildman–Crippen MR) is 154 cm³/mol. The van der Waals surface area contributed by atoms with Gasteiger partial charge in [0.05, 0.1) is 31.0 Å². The first-order valence-corrected chi connectivity index (χ1v) is 13.6. The summed E-state index contributed by atoms with van der Waals surface area (Å²) in [6.45, 7) is 10.1. The van der Waals surface area contributed by atoms with Crippen molar-refractivity contribution in [3.05, 3.63) is 77.4 Å². The van der Waals surface area contributed by atoms with Gasteiger partial charge in [0.25, 0.3) is 0 Å². The van der Waals surface area contributed by atoms with Crippen LogP contribution < -0.4 is 10.2 Å². The average molecular weight is 519 g/mol. The van der Waals surface area contributed by atoms with Crippen molar-refractivity contribution in [2.45, 2.75) is 32.4 Å². The molecule has 2 unspecified atom stereocenters. The van der Waals surface area contributed by atoms with Crippen LogP contribution in [0.25, 0.3) is 5.69 Å². The molecule has 7 nitrogen and oxygen atoms in total. The van der Waals surface area contributed by atoms with Crippen molar-refractivity contribution >= 4 is 23.0 Å². The Bertz CT molecular complexity index is 1200. The summed E-state index contributed by atoms with van der Waals surface area (Å²) in [7, 11) is 4.14. The normalized spacial score (nSPS) is 20.3. The Kier molecular flexibility index (Phi) is 7.79. The molecule has 3 aromatic rings. The molecular weight excluding hydrogens is 480 g/mol. The molecule has 0 bridgehead atoms. The summed E-state index contributed by atoms with van der Waals surface area (Å²) in [5, 5.41) is 4.43. The van der Waals surface area contributed by atoms with Gasteiger partial charge in [0.2, 0.25) is 0 Å². The van der Waals surface area contributed by atoms with Crippen molar-refractivity contribution in [3.8, 4) is 5.69 Å². The second-order valence-corrected chi connectivity index (χ2v) is 10.6. The number of anilines is 1. The Balaban J connectivity index is 1.46. The van der Waals surface area contributed by atoms with Gasteiger partial charge < -0.3 is 24.4 Å². The smallest absolute Gasteiger partial charge is 0.170 e. The van der Waals surface area contributed by atoms with Crippen LogP contribution in [-0.2, 0) is 4.74 Å². The van der Waals surface area contributed by atoms with Crippen LogP contribution in [0.2, 0.25) is 0 Å². The van der Waals surface area contributed by atoms with Gasteiger partial charge in [-0.25, -0.2) is 0 Å². The van der Waals surface area contributed by atoms with E-state index >= 15 is 0 Å². The molecule has 2 aromatic heterocycles. The number of aryl methyl sites for hydroxylation is 1. The summed E-state index contributed by atoms with van der Waals surface area (Å²) in [6.07, 6.45) is 2.92. The van der Waals surface area contributed by atoms with Gasteiger partial charge in [-0.15, -0.1) is 0 Å². The number of rotatable bonds is 8.